The minimum absolute atomic E-state index is 0.304. The van der Waals surface area contributed by atoms with E-state index in [4.69, 9.17) is 9.47 Å². The molecule has 0 heterocycles. The molecule has 0 amide bonds. The number of hydrogen-bond donors (Lipinski definition) is 0. The molecule has 1 aromatic rings. The van der Waals surface area contributed by atoms with Gasteiger partial charge in [0.2, 0.25) is 0 Å². The summed E-state index contributed by atoms with van der Waals surface area (Å²) in [5.74, 6) is -0.619. The Labute approximate surface area is 119 Å². The SMILES string of the molecule is CCOC(=O)/C=C/CCc1ccc(C(=O)OCC)cc1. The first-order valence-corrected chi connectivity index (χ1v) is 6.76. The molecule has 0 N–H and O–H groups in total. The molecule has 0 saturated heterocycles. The first-order valence-electron chi connectivity index (χ1n) is 6.76. The Morgan fingerprint density at radius 3 is 2.30 bits per heavy atom. The van der Waals surface area contributed by atoms with E-state index in [1.807, 2.05) is 12.1 Å². The normalized spacial score (nSPS) is 10.5. The molecule has 0 radical (unpaired) electrons. The van der Waals surface area contributed by atoms with E-state index in [0.29, 0.717) is 18.8 Å². The van der Waals surface area contributed by atoms with Crippen LogP contribution in [0.15, 0.2) is 36.4 Å². The maximum Gasteiger partial charge on any atom is 0.338 e. The van der Waals surface area contributed by atoms with Crippen molar-refractivity contribution >= 4 is 11.9 Å². The molecule has 0 bridgehead atoms. The van der Waals surface area contributed by atoms with Crippen LogP contribution in [-0.4, -0.2) is 25.2 Å². The van der Waals surface area contributed by atoms with Crippen LogP contribution in [0.1, 0.15) is 36.2 Å². The molecule has 0 fully saturated rings. The molecule has 4 nitrogen and oxygen atoms in total. The van der Waals surface area contributed by atoms with E-state index in [1.165, 1.54) is 6.08 Å². The molecular weight excluding hydrogens is 256 g/mol. The average molecular weight is 276 g/mol. The first-order chi connectivity index (χ1) is 9.67. The number of aryl methyl sites for hydroxylation is 1. The lowest BCUT2D eigenvalue weighted by atomic mass is 10.1. The van der Waals surface area contributed by atoms with E-state index in [-0.39, 0.29) is 11.9 Å². The summed E-state index contributed by atoms with van der Waals surface area (Å²) in [5.41, 5.74) is 1.66. The molecule has 0 saturated carbocycles. The lowest BCUT2D eigenvalue weighted by Crippen LogP contribution is -2.04. The Morgan fingerprint density at radius 2 is 1.70 bits per heavy atom. The summed E-state index contributed by atoms with van der Waals surface area (Å²) >= 11 is 0. The monoisotopic (exact) mass is 276 g/mol. The summed E-state index contributed by atoms with van der Waals surface area (Å²) in [6, 6.07) is 7.29. The Hall–Kier alpha value is -2.10. The van der Waals surface area contributed by atoms with Gasteiger partial charge >= 0.3 is 11.9 Å². The summed E-state index contributed by atoms with van der Waals surface area (Å²) in [4.78, 5) is 22.5. The fraction of sp³-hybridized carbons (Fsp3) is 0.375. The maximum atomic E-state index is 11.5. The second-order valence-corrected chi connectivity index (χ2v) is 4.11. The molecule has 0 spiro atoms. The lowest BCUT2D eigenvalue weighted by molar-refractivity contribution is -0.137. The van der Waals surface area contributed by atoms with Crippen molar-refractivity contribution < 1.29 is 19.1 Å². The van der Waals surface area contributed by atoms with Crippen LogP contribution < -0.4 is 0 Å². The molecule has 0 atom stereocenters. The highest BCUT2D eigenvalue weighted by molar-refractivity contribution is 5.89. The van der Waals surface area contributed by atoms with Crippen LogP contribution in [0.4, 0.5) is 0 Å². The molecule has 1 rings (SSSR count). The third-order valence-electron chi connectivity index (χ3n) is 2.61. The minimum atomic E-state index is -0.315. The molecule has 0 aliphatic carbocycles. The molecule has 0 aliphatic heterocycles. The van der Waals surface area contributed by atoms with Crippen LogP contribution in [0.5, 0.6) is 0 Å². The van der Waals surface area contributed by atoms with E-state index >= 15 is 0 Å². The Morgan fingerprint density at radius 1 is 1.05 bits per heavy atom. The van der Waals surface area contributed by atoms with Crippen molar-refractivity contribution in [1.82, 2.24) is 0 Å². The van der Waals surface area contributed by atoms with Gasteiger partial charge < -0.3 is 9.47 Å². The first kappa shape index (κ1) is 16.0. The molecule has 4 heteroatoms. The van der Waals surface area contributed by atoms with Gasteiger partial charge in [0.25, 0.3) is 0 Å². The second-order valence-electron chi connectivity index (χ2n) is 4.11. The standard InChI is InChI=1S/C16H20O4/c1-3-19-15(17)8-6-5-7-13-9-11-14(12-10-13)16(18)20-4-2/h6,8-12H,3-5,7H2,1-2H3/b8-6+. The van der Waals surface area contributed by atoms with E-state index in [2.05, 4.69) is 0 Å². The van der Waals surface area contributed by atoms with Gasteiger partial charge in [0.05, 0.1) is 18.8 Å². The van der Waals surface area contributed by atoms with Gasteiger partial charge in [-0.1, -0.05) is 18.2 Å². The number of carbonyl (C=O) groups is 2. The second kappa shape index (κ2) is 8.91. The van der Waals surface area contributed by atoms with Crippen LogP contribution in [-0.2, 0) is 20.7 Å². The van der Waals surface area contributed by atoms with Crippen LogP contribution in [0, 0.1) is 0 Å². The number of allylic oxidation sites excluding steroid dienone is 1. The van der Waals surface area contributed by atoms with Crippen LogP contribution in [0.3, 0.4) is 0 Å². The van der Waals surface area contributed by atoms with E-state index in [1.54, 1.807) is 32.1 Å². The molecule has 108 valence electrons. The highest BCUT2D eigenvalue weighted by Crippen LogP contribution is 2.08. The average Bonchev–Trinajstić information content (AvgIpc) is 2.45. The van der Waals surface area contributed by atoms with Gasteiger partial charge in [-0.15, -0.1) is 0 Å². The maximum absolute atomic E-state index is 11.5. The highest BCUT2D eigenvalue weighted by atomic mass is 16.5. The molecule has 0 aromatic heterocycles. The zero-order valence-corrected chi connectivity index (χ0v) is 11.9. The van der Waals surface area contributed by atoms with Gasteiger partial charge in [0, 0.05) is 6.08 Å². The quantitative estimate of drug-likeness (QED) is 0.567. The summed E-state index contributed by atoms with van der Waals surface area (Å²) in [5, 5.41) is 0. The fourth-order valence-corrected chi connectivity index (χ4v) is 1.64. The largest absolute Gasteiger partial charge is 0.463 e. The van der Waals surface area contributed by atoms with Crippen molar-refractivity contribution in [3.8, 4) is 0 Å². The molecule has 20 heavy (non-hydrogen) atoms. The summed E-state index contributed by atoms with van der Waals surface area (Å²) < 4.78 is 9.70. The molecule has 1 aromatic carbocycles. The Bertz CT molecular complexity index is 460. The van der Waals surface area contributed by atoms with Gasteiger partial charge in [0.15, 0.2) is 0 Å². The molecular formula is C16H20O4. The zero-order chi connectivity index (χ0) is 14.8. The van der Waals surface area contributed by atoms with Crippen molar-refractivity contribution in [3.05, 3.63) is 47.5 Å². The van der Waals surface area contributed by atoms with Crippen LogP contribution in [0.2, 0.25) is 0 Å². The van der Waals surface area contributed by atoms with Crippen molar-refractivity contribution in [3.63, 3.8) is 0 Å². The predicted molar refractivity (Wildman–Crippen MR) is 76.5 cm³/mol. The number of esters is 2. The highest BCUT2D eigenvalue weighted by Gasteiger charge is 2.05. The third kappa shape index (κ3) is 5.69. The lowest BCUT2D eigenvalue weighted by Gasteiger charge is -2.03. The van der Waals surface area contributed by atoms with Crippen molar-refractivity contribution in [2.45, 2.75) is 26.7 Å². The zero-order valence-electron chi connectivity index (χ0n) is 11.9. The van der Waals surface area contributed by atoms with Crippen molar-refractivity contribution in [2.24, 2.45) is 0 Å². The Balaban J connectivity index is 2.42. The van der Waals surface area contributed by atoms with Gasteiger partial charge in [0.1, 0.15) is 0 Å². The number of ether oxygens (including phenoxy) is 2. The van der Waals surface area contributed by atoms with E-state index in [9.17, 15) is 9.59 Å². The molecule has 0 unspecified atom stereocenters. The third-order valence-corrected chi connectivity index (χ3v) is 2.61. The van der Waals surface area contributed by atoms with Gasteiger partial charge in [-0.3, -0.25) is 0 Å². The minimum Gasteiger partial charge on any atom is -0.463 e. The summed E-state index contributed by atoms with van der Waals surface area (Å²) in [7, 11) is 0. The smallest absolute Gasteiger partial charge is 0.338 e. The number of carbonyl (C=O) groups excluding carboxylic acids is 2. The van der Waals surface area contributed by atoms with Gasteiger partial charge in [-0.05, 0) is 44.4 Å². The summed E-state index contributed by atoms with van der Waals surface area (Å²) in [6.45, 7) is 4.32. The molecule has 0 aliphatic rings. The topological polar surface area (TPSA) is 52.6 Å². The predicted octanol–water partition coefficient (Wildman–Crippen LogP) is 2.92. The van der Waals surface area contributed by atoms with E-state index < -0.39 is 0 Å². The van der Waals surface area contributed by atoms with Crippen LogP contribution >= 0.6 is 0 Å². The number of benzene rings is 1. The van der Waals surface area contributed by atoms with Gasteiger partial charge in [-0.25, -0.2) is 9.59 Å². The van der Waals surface area contributed by atoms with Crippen LogP contribution in [0.25, 0.3) is 0 Å². The summed E-state index contributed by atoms with van der Waals surface area (Å²) in [6.07, 6.45) is 4.78. The fourth-order valence-electron chi connectivity index (χ4n) is 1.64. The number of rotatable bonds is 7. The van der Waals surface area contributed by atoms with Gasteiger partial charge in [-0.2, -0.15) is 0 Å². The van der Waals surface area contributed by atoms with Crippen molar-refractivity contribution in [2.75, 3.05) is 13.2 Å². The number of hydrogen-bond acceptors (Lipinski definition) is 4. The Kier molecular flexibility index (Phi) is 7.11. The van der Waals surface area contributed by atoms with Crippen molar-refractivity contribution in [1.29, 1.82) is 0 Å². The van der Waals surface area contributed by atoms with E-state index in [0.717, 1.165) is 18.4 Å².